The molecule has 14 heavy (non-hydrogen) atoms. The zero-order valence-electron chi connectivity index (χ0n) is 7.97. The summed E-state index contributed by atoms with van der Waals surface area (Å²) in [7, 11) is 1.34. The molecule has 0 aromatic carbocycles. The van der Waals surface area contributed by atoms with Gasteiger partial charge in [-0.1, -0.05) is 0 Å². The molecule has 76 valence electrons. The summed E-state index contributed by atoms with van der Waals surface area (Å²) < 4.78 is 7.90. The fourth-order valence-electron chi connectivity index (χ4n) is 1.86. The molecule has 2 rings (SSSR count). The molecular formula is C9H12N2O3. The molecule has 1 aliphatic heterocycles. The van der Waals surface area contributed by atoms with Crippen LogP contribution in [-0.2, 0) is 16.1 Å². The summed E-state index contributed by atoms with van der Waals surface area (Å²) in [5.41, 5.74) is -0.139. The Hall–Kier alpha value is -1.52. The van der Waals surface area contributed by atoms with Crippen LogP contribution in [0.5, 0.6) is 0 Å². The van der Waals surface area contributed by atoms with Crippen molar-refractivity contribution in [3.8, 4) is 0 Å². The third-order valence-corrected chi connectivity index (χ3v) is 2.53. The molecule has 2 heterocycles. The van der Waals surface area contributed by atoms with Crippen LogP contribution >= 0.6 is 0 Å². The number of rotatable bonds is 1. The van der Waals surface area contributed by atoms with Gasteiger partial charge in [0.2, 0.25) is 0 Å². The van der Waals surface area contributed by atoms with Gasteiger partial charge in [-0.2, -0.15) is 0 Å². The number of aromatic nitrogens is 2. The number of carbonyl (C=O) groups is 1. The molecule has 1 aliphatic rings. The maximum absolute atomic E-state index is 11.4. The monoisotopic (exact) mass is 196 g/mol. The predicted molar refractivity (Wildman–Crippen MR) is 49.0 cm³/mol. The Morgan fingerprint density at radius 2 is 2.43 bits per heavy atom. The smallest absolute Gasteiger partial charge is 0.330 e. The Morgan fingerprint density at radius 1 is 1.64 bits per heavy atom. The van der Waals surface area contributed by atoms with Crippen molar-refractivity contribution in [2.75, 3.05) is 7.11 Å². The number of ether oxygens (including phenoxy) is 1. The summed E-state index contributed by atoms with van der Waals surface area (Å²) in [4.78, 5) is 22.8. The predicted octanol–water partition coefficient (Wildman–Crippen LogP) is 0.158. The van der Waals surface area contributed by atoms with E-state index in [1.165, 1.54) is 17.9 Å². The van der Waals surface area contributed by atoms with Gasteiger partial charge in [0.1, 0.15) is 0 Å². The molecule has 0 amide bonds. The first-order valence-electron chi connectivity index (χ1n) is 4.60. The highest BCUT2D eigenvalue weighted by molar-refractivity contribution is 5.73. The summed E-state index contributed by atoms with van der Waals surface area (Å²) >= 11 is 0. The highest BCUT2D eigenvalue weighted by Gasteiger charge is 2.27. The third kappa shape index (κ3) is 1.25. The van der Waals surface area contributed by atoms with Crippen LogP contribution in [0.1, 0.15) is 18.9 Å². The van der Waals surface area contributed by atoms with Crippen molar-refractivity contribution in [2.24, 2.45) is 0 Å². The fraction of sp³-hybridized carbons (Fsp3) is 0.556. The maximum atomic E-state index is 11.4. The van der Waals surface area contributed by atoms with Crippen LogP contribution in [0.2, 0.25) is 0 Å². The van der Waals surface area contributed by atoms with Crippen LogP contribution in [0.25, 0.3) is 0 Å². The summed E-state index contributed by atoms with van der Waals surface area (Å²) in [5, 5.41) is 0. The standard InChI is InChI=1S/C9H12N2O3/c1-14-9(13)7-3-2-5-10-6-4-8(12)11(7)10/h4,6-7H,2-3,5H2,1H3. The second-order valence-electron chi connectivity index (χ2n) is 3.34. The van der Waals surface area contributed by atoms with E-state index in [1.54, 1.807) is 10.9 Å². The Bertz CT molecular complexity index is 404. The number of carbonyl (C=O) groups excluding carboxylic acids is 1. The normalized spacial score (nSPS) is 20.2. The van der Waals surface area contributed by atoms with Crippen molar-refractivity contribution < 1.29 is 9.53 Å². The van der Waals surface area contributed by atoms with E-state index in [0.29, 0.717) is 6.42 Å². The van der Waals surface area contributed by atoms with E-state index in [-0.39, 0.29) is 11.5 Å². The Labute approximate surface area is 80.9 Å². The molecule has 5 heteroatoms. The molecule has 1 aromatic rings. The summed E-state index contributed by atoms with van der Waals surface area (Å²) in [6, 6.07) is 1.03. The van der Waals surface area contributed by atoms with Crippen molar-refractivity contribution in [1.82, 2.24) is 9.36 Å². The number of methoxy groups -OCH3 is 1. The van der Waals surface area contributed by atoms with Crippen LogP contribution in [0, 0.1) is 0 Å². The van der Waals surface area contributed by atoms with Crippen molar-refractivity contribution in [3.05, 3.63) is 22.6 Å². The SMILES string of the molecule is COC(=O)C1CCCn2ccc(=O)n21. The van der Waals surface area contributed by atoms with E-state index in [0.717, 1.165) is 13.0 Å². The highest BCUT2D eigenvalue weighted by atomic mass is 16.5. The van der Waals surface area contributed by atoms with Gasteiger partial charge in [-0.25, -0.2) is 9.48 Å². The fourth-order valence-corrected chi connectivity index (χ4v) is 1.86. The zero-order valence-corrected chi connectivity index (χ0v) is 7.97. The van der Waals surface area contributed by atoms with Crippen LogP contribution in [-0.4, -0.2) is 22.4 Å². The first-order valence-corrected chi connectivity index (χ1v) is 4.60. The highest BCUT2D eigenvalue weighted by Crippen LogP contribution is 2.19. The molecule has 0 bridgehead atoms. The molecule has 1 atom stereocenters. The molecule has 0 saturated heterocycles. The van der Waals surface area contributed by atoms with E-state index in [4.69, 9.17) is 0 Å². The van der Waals surface area contributed by atoms with E-state index >= 15 is 0 Å². The quantitative estimate of drug-likeness (QED) is 0.601. The topological polar surface area (TPSA) is 53.2 Å². The van der Waals surface area contributed by atoms with Gasteiger partial charge in [0, 0.05) is 18.8 Å². The third-order valence-electron chi connectivity index (χ3n) is 2.53. The lowest BCUT2D eigenvalue weighted by Crippen LogP contribution is -2.36. The molecule has 5 nitrogen and oxygen atoms in total. The Kier molecular flexibility index (Phi) is 2.15. The number of nitrogens with zero attached hydrogens (tertiary/aromatic N) is 2. The van der Waals surface area contributed by atoms with Gasteiger partial charge in [0.05, 0.1) is 7.11 Å². The van der Waals surface area contributed by atoms with Crippen LogP contribution in [0.15, 0.2) is 17.1 Å². The molecule has 0 aliphatic carbocycles. The minimum atomic E-state index is -0.448. The number of fused-ring (bicyclic) bond motifs is 1. The van der Waals surface area contributed by atoms with Gasteiger partial charge in [-0.05, 0) is 12.8 Å². The van der Waals surface area contributed by atoms with Crippen molar-refractivity contribution >= 4 is 5.97 Å². The summed E-state index contributed by atoms with van der Waals surface area (Å²) in [5.74, 6) is -0.341. The molecular weight excluding hydrogens is 184 g/mol. The second-order valence-corrected chi connectivity index (χ2v) is 3.34. The van der Waals surface area contributed by atoms with E-state index in [1.807, 2.05) is 0 Å². The van der Waals surface area contributed by atoms with Crippen LogP contribution < -0.4 is 5.56 Å². The average molecular weight is 196 g/mol. The minimum absolute atomic E-state index is 0.139. The van der Waals surface area contributed by atoms with Crippen molar-refractivity contribution in [2.45, 2.75) is 25.4 Å². The summed E-state index contributed by atoms with van der Waals surface area (Å²) in [6.45, 7) is 0.787. The van der Waals surface area contributed by atoms with Gasteiger partial charge >= 0.3 is 5.97 Å². The summed E-state index contributed by atoms with van der Waals surface area (Å²) in [6.07, 6.45) is 3.28. The van der Waals surface area contributed by atoms with Crippen molar-refractivity contribution in [3.63, 3.8) is 0 Å². The van der Waals surface area contributed by atoms with Gasteiger partial charge in [-0.3, -0.25) is 9.48 Å². The first-order chi connectivity index (χ1) is 6.74. The number of aryl methyl sites for hydroxylation is 1. The van der Waals surface area contributed by atoms with Crippen LogP contribution in [0.4, 0.5) is 0 Å². The largest absolute Gasteiger partial charge is 0.467 e. The van der Waals surface area contributed by atoms with Gasteiger partial charge < -0.3 is 4.74 Å². The molecule has 0 radical (unpaired) electrons. The van der Waals surface area contributed by atoms with Gasteiger partial charge in [-0.15, -0.1) is 0 Å². The molecule has 0 N–H and O–H groups in total. The van der Waals surface area contributed by atoms with Crippen molar-refractivity contribution in [1.29, 1.82) is 0 Å². The lowest BCUT2D eigenvalue weighted by atomic mass is 10.1. The second kappa shape index (κ2) is 3.32. The van der Waals surface area contributed by atoms with Gasteiger partial charge in [0.25, 0.3) is 5.56 Å². The minimum Gasteiger partial charge on any atom is -0.467 e. The molecule has 1 aromatic heterocycles. The molecule has 0 saturated carbocycles. The Morgan fingerprint density at radius 3 is 3.14 bits per heavy atom. The van der Waals surface area contributed by atoms with E-state index in [9.17, 15) is 9.59 Å². The number of esters is 1. The van der Waals surface area contributed by atoms with Gasteiger partial charge in [0.15, 0.2) is 6.04 Å². The van der Waals surface area contributed by atoms with E-state index in [2.05, 4.69) is 4.74 Å². The average Bonchev–Trinajstić information content (AvgIpc) is 2.59. The molecule has 0 fully saturated rings. The lowest BCUT2D eigenvalue weighted by molar-refractivity contribution is -0.146. The first kappa shape index (κ1) is 9.05. The van der Waals surface area contributed by atoms with Crippen LogP contribution in [0.3, 0.4) is 0 Å². The molecule has 1 unspecified atom stereocenters. The molecule has 0 spiro atoms. The maximum Gasteiger partial charge on any atom is 0.330 e. The number of hydrogen-bond acceptors (Lipinski definition) is 3. The zero-order chi connectivity index (χ0) is 10.1. The Balaban J connectivity index is 2.44. The van der Waals surface area contributed by atoms with E-state index < -0.39 is 6.04 Å². The lowest BCUT2D eigenvalue weighted by Gasteiger charge is -2.24. The number of hydrogen-bond donors (Lipinski definition) is 0.